The fraction of sp³-hybridized carbons (Fsp3) is 0.0952. The number of carbonyl (C=O) groups is 2. The molecule has 168 valence electrons. The summed E-state index contributed by atoms with van der Waals surface area (Å²) in [6.45, 7) is 1.92. The molecule has 0 bridgehead atoms. The standard InChI is InChI=1S/C21H15BrN4O5S2/c1-11-3-6-13(7-4-11)19(28)31-16-8-5-12(10-15(16)22)9-14-17(23)26-20(24-18(14)27)32-21(25-26)33(2,29)30/h3-10,23H,1-2H3/b14-9-,23-17?. The maximum Gasteiger partial charge on any atom is 0.343 e. The number of amides is 1. The predicted octanol–water partition coefficient (Wildman–Crippen LogP) is 3.60. The van der Waals surface area contributed by atoms with Crippen molar-refractivity contribution in [1.82, 2.24) is 5.01 Å². The second kappa shape index (κ2) is 8.69. The van der Waals surface area contributed by atoms with Gasteiger partial charge in [-0.15, -0.1) is 5.10 Å². The number of thioether (sulfide) groups is 1. The highest BCUT2D eigenvalue weighted by molar-refractivity contribution is 9.10. The first-order valence-corrected chi connectivity index (χ1v) is 12.8. The molecule has 33 heavy (non-hydrogen) atoms. The third-order valence-corrected chi connectivity index (χ3v) is 7.71. The van der Waals surface area contributed by atoms with Gasteiger partial charge in [0.15, 0.2) is 5.84 Å². The summed E-state index contributed by atoms with van der Waals surface area (Å²) in [7, 11) is -3.61. The molecule has 12 heteroatoms. The van der Waals surface area contributed by atoms with Gasteiger partial charge in [0, 0.05) is 6.26 Å². The number of esters is 1. The number of nitrogens with one attached hydrogen (secondary N) is 1. The molecule has 9 nitrogen and oxygen atoms in total. The Bertz CT molecular complexity index is 1410. The monoisotopic (exact) mass is 546 g/mol. The minimum atomic E-state index is -3.61. The average molecular weight is 547 g/mol. The molecule has 0 atom stereocenters. The van der Waals surface area contributed by atoms with Crippen molar-refractivity contribution in [3.63, 3.8) is 0 Å². The molecular formula is C21H15BrN4O5S2. The third kappa shape index (κ3) is 4.82. The molecule has 0 fully saturated rings. The van der Waals surface area contributed by atoms with E-state index in [0.717, 1.165) is 28.6 Å². The molecule has 4 rings (SSSR count). The van der Waals surface area contributed by atoms with E-state index < -0.39 is 21.7 Å². The Morgan fingerprint density at radius 3 is 2.55 bits per heavy atom. The van der Waals surface area contributed by atoms with Crippen LogP contribution in [0.1, 0.15) is 21.5 Å². The molecule has 2 aromatic carbocycles. The summed E-state index contributed by atoms with van der Waals surface area (Å²) < 4.78 is 29.2. The lowest BCUT2D eigenvalue weighted by molar-refractivity contribution is -0.114. The zero-order valence-corrected chi connectivity index (χ0v) is 20.4. The Hall–Kier alpha value is -3.09. The molecule has 0 spiro atoms. The van der Waals surface area contributed by atoms with Crippen LogP contribution in [0.5, 0.6) is 5.75 Å². The number of hydrogen-bond acceptors (Lipinski definition) is 8. The smallest absolute Gasteiger partial charge is 0.343 e. The minimum Gasteiger partial charge on any atom is -0.422 e. The molecular weight excluding hydrogens is 532 g/mol. The molecule has 2 heterocycles. The van der Waals surface area contributed by atoms with Crippen LogP contribution >= 0.6 is 27.7 Å². The van der Waals surface area contributed by atoms with Crippen LogP contribution in [0.4, 0.5) is 0 Å². The Balaban J connectivity index is 1.57. The maximum absolute atomic E-state index is 12.5. The first-order chi connectivity index (χ1) is 15.5. The van der Waals surface area contributed by atoms with Crippen LogP contribution in [-0.4, -0.2) is 46.9 Å². The molecule has 2 aromatic rings. The number of aliphatic imine (C=N–C) groups is 1. The lowest BCUT2D eigenvalue weighted by Gasteiger charge is -2.20. The molecule has 2 aliphatic heterocycles. The highest BCUT2D eigenvalue weighted by Crippen LogP contribution is 2.31. The van der Waals surface area contributed by atoms with Gasteiger partial charge in [0.05, 0.1) is 15.6 Å². The highest BCUT2D eigenvalue weighted by Gasteiger charge is 2.38. The quantitative estimate of drug-likeness (QED) is 0.353. The summed E-state index contributed by atoms with van der Waals surface area (Å²) >= 11 is 4.07. The molecule has 0 saturated heterocycles. The van der Waals surface area contributed by atoms with Gasteiger partial charge in [-0.1, -0.05) is 23.8 Å². The van der Waals surface area contributed by atoms with Gasteiger partial charge in [-0.3, -0.25) is 10.2 Å². The number of sulfone groups is 1. The summed E-state index contributed by atoms with van der Waals surface area (Å²) in [6, 6.07) is 11.8. The van der Waals surface area contributed by atoms with E-state index in [1.54, 1.807) is 30.3 Å². The number of nitrogens with zero attached hydrogens (tertiary/aromatic N) is 3. The first-order valence-electron chi connectivity index (χ1n) is 9.31. The second-order valence-electron chi connectivity index (χ2n) is 7.10. The van der Waals surface area contributed by atoms with Crippen LogP contribution in [0.15, 0.2) is 62.6 Å². The van der Waals surface area contributed by atoms with E-state index in [0.29, 0.717) is 15.6 Å². The number of carbonyl (C=O) groups excluding carboxylic acids is 2. The number of hydrogen-bond donors (Lipinski definition) is 1. The van der Waals surface area contributed by atoms with Crippen LogP contribution in [0.2, 0.25) is 0 Å². The van der Waals surface area contributed by atoms with E-state index >= 15 is 0 Å². The van der Waals surface area contributed by atoms with E-state index in [1.165, 1.54) is 6.08 Å². The fourth-order valence-electron chi connectivity index (χ4n) is 2.83. The highest BCUT2D eigenvalue weighted by atomic mass is 79.9. The van der Waals surface area contributed by atoms with Gasteiger partial charge >= 0.3 is 5.97 Å². The SMILES string of the molecule is Cc1ccc(C(=O)Oc2ccc(/C=C3/C(=N)N4N=C(S(C)(=O)=O)SC4=NC3=O)cc2Br)cc1. The van der Waals surface area contributed by atoms with Crippen molar-refractivity contribution in [2.75, 3.05) is 6.26 Å². The zero-order chi connectivity index (χ0) is 23.9. The van der Waals surface area contributed by atoms with Crippen molar-refractivity contribution < 1.29 is 22.7 Å². The molecule has 0 unspecified atom stereocenters. The van der Waals surface area contributed by atoms with Gasteiger partial charge in [-0.2, -0.15) is 10.0 Å². The summed E-state index contributed by atoms with van der Waals surface area (Å²) in [5.74, 6) is -1.21. The van der Waals surface area contributed by atoms with Crippen LogP contribution < -0.4 is 4.74 Å². The second-order valence-corrected chi connectivity index (χ2v) is 11.1. The topological polar surface area (TPSA) is 129 Å². The maximum atomic E-state index is 12.5. The van der Waals surface area contributed by atoms with Gasteiger partial charge in [0.25, 0.3) is 5.91 Å². The van der Waals surface area contributed by atoms with Crippen molar-refractivity contribution in [2.45, 2.75) is 6.92 Å². The Morgan fingerprint density at radius 1 is 1.21 bits per heavy atom. The van der Waals surface area contributed by atoms with E-state index in [9.17, 15) is 18.0 Å². The molecule has 1 N–H and O–H groups in total. The van der Waals surface area contributed by atoms with Crippen molar-refractivity contribution in [1.29, 1.82) is 5.41 Å². The lowest BCUT2D eigenvalue weighted by atomic mass is 10.1. The zero-order valence-electron chi connectivity index (χ0n) is 17.2. The summed E-state index contributed by atoms with van der Waals surface area (Å²) in [5, 5.41) is 13.2. The van der Waals surface area contributed by atoms with E-state index in [2.05, 4.69) is 26.0 Å². The average Bonchev–Trinajstić information content (AvgIpc) is 3.18. The number of aryl methyl sites for hydroxylation is 1. The van der Waals surface area contributed by atoms with Crippen molar-refractivity contribution in [3.05, 3.63) is 69.2 Å². The van der Waals surface area contributed by atoms with Gasteiger partial charge in [-0.05, 0) is 70.5 Å². The van der Waals surface area contributed by atoms with Crippen LogP contribution in [0.25, 0.3) is 6.08 Å². The lowest BCUT2D eigenvalue weighted by Crippen LogP contribution is -2.35. The molecule has 1 amide bonds. The number of rotatable bonds is 3. The number of benzene rings is 2. The van der Waals surface area contributed by atoms with E-state index in [-0.39, 0.29) is 26.7 Å². The molecule has 0 aromatic heterocycles. The number of amidine groups is 2. The van der Waals surface area contributed by atoms with E-state index in [1.807, 2.05) is 19.1 Å². The number of halogens is 1. The first kappa shape index (κ1) is 23.1. The summed E-state index contributed by atoms with van der Waals surface area (Å²) in [5.41, 5.74) is 1.90. The third-order valence-electron chi connectivity index (χ3n) is 4.51. The molecule has 0 radical (unpaired) electrons. The normalized spacial score (nSPS) is 17.1. The van der Waals surface area contributed by atoms with E-state index in [4.69, 9.17) is 10.1 Å². The van der Waals surface area contributed by atoms with Crippen LogP contribution in [0, 0.1) is 12.3 Å². The number of hydrazone groups is 1. The molecule has 0 aliphatic carbocycles. The van der Waals surface area contributed by atoms with Gasteiger partial charge < -0.3 is 4.74 Å². The molecule has 0 saturated carbocycles. The predicted molar refractivity (Wildman–Crippen MR) is 130 cm³/mol. The van der Waals surface area contributed by atoms with Crippen molar-refractivity contribution in [2.24, 2.45) is 10.1 Å². The summed E-state index contributed by atoms with van der Waals surface area (Å²) in [6.07, 6.45) is 2.42. The van der Waals surface area contributed by atoms with Crippen LogP contribution in [-0.2, 0) is 14.6 Å². The summed E-state index contributed by atoms with van der Waals surface area (Å²) in [4.78, 5) is 28.7. The van der Waals surface area contributed by atoms with Gasteiger partial charge in [0.1, 0.15) is 5.75 Å². The minimum absolute atomic E-state index is 0.0159. The van der Waals surface area contributed by atoms with Crippen molar-refractivity contribution >= 4 is 70.9 Å². The van der Waals surface area contributed by atoms with Crippen molar-refractivity contribution in [3.8, 4) is 5.75 Å². The van der Waals surface area contributed by atoms with Gasteiger partial charge in [0.2, 0.25) is 19.4 Å². The van der Waals surface area contributed by atoms with Gasteiger partial charge in [-0.25, -0.2) is 13.2 Å². The Kier molecular flexibility index (Phi) is 6.08. The largest absolute Gasteiger partial charge is 0.422 e. The number of ether oxygens (including phenoxy) is 1. The van der Waals surface area contributed by atoms with Crippen LogP contribution in [0.3, 0.4) is 0 Å². The number of fused-ring (bicyclic) bond motifs is 1. The molecule has 2 aliphatic rings. The fourth-order valence-corrected chi connectivity index (χ4v) is 4.99. The Morgan fingerprint density at radius 2 is 1.91 bits per heavy atom. The Labute approximate surface area is 201 Å².